The molecular formula is C16H17BrClNO. The lowest BCUT2D eigenvalue weighted by Gasteiger charge is -2.19. The van der Waals surface area contributed by atoms with E-state index in [0.717, 1.165) is 16.6 Å². The molecule has 0 heterocycles. The second kappa shape index (κ2) is 7.00. The Kier molecular flexibility index (Phi) is 5.32. The number of anilines is 1. The maximum Gasteiger partial charge on any atom is 0.139 e. The highest BCUT2D eigenvalue weighted by Gasteiger charge is 2.10. The molecule has 20 heavy (non-hydrogen) atoms. The quantitative estimate of drug-likeness (QED) is 0.746. The lowest BCUT2D eigenvalue weighted by molar-refractivity contribution is 0.415. The molecule has 0 aliphatic heterocycles. The molecule has 0 aromatic heterocycles. The molecular weight excluding hydrogens is 338 g/mol. The van der Waals surface area contributed by atoms with E-state index in [1.54, 1.807) is 7.11 Å². The number of benzene rings is 2. The standard InChI is InChI=1S/C16H17BrClNO/c1-3-15(11-4-6-12(17)7-5-11)19-13-8-9-14(18)16(10-13)20-2/h4-10,15,19H,3H2,1-2H3. The second-order valence-electron chi connectivity index (χ2n) is 4.51. The lowest BCUT2D eigenvalue weighted by Crippen LogP contribution is -2.09. The molecule has 0 spiro atoms. The second-order valence-corrected chi connectivity index (χ2v) is 5.83. The van der Waals surface area contributed by atoms with Crippen LogP contribution in [0.15, 0.2) is 46.9 Å². The molecule has 0 amide bonds. The normalized spacial score (nSPS) is 12.0. The van der Waals surface area contributed by atoms with Crippen LogP contribution in [0.2, 0.25) is 5.02 Å². The average Bonchev–Trinajstić information content (AvgIpc) is 2.47. The molecule has 0 aliphatic rings. The van der Waals surface area contributed by atoms with Crippen LogP contribution in [0, 0.1) is 0 Å². The first-order valence-electron chi connectivity index (χ1n) is 6.49. The Balaban J connectivity index is 2.19. The molecule has 106 valence electrons. The van der Waals surface area contributed by atoms with E-state index in [2.05, 4.69) is 52.4 Å². The molecule has 4 heteroatoms. The number of hydrogen-bond acceptors (Lipinski definition) is 2. The number of hydrogen-bond donors (Lipinski definition) is 1. The summed E-state index contributed by atoms with van der Waals surface area (Å²) in [5.41, 5.74) is 2.26. The molecule has 0 saturated heterocycles. The zero-order valence-corrected chi connectivity index (χ0v) is 13.8. The van der Waals surface area contributed by atoms with Gasteiger partial charge in [0, 0.05) is 16.2 Å². The summed E-state index contributed by atoms with van der Waals surface area (Å²) < 4.78 is 6.33. The van der Waals surface area contributed by atoms with Crippen LogP contribution in [0.3, 0.4) is 0 Å². The van der Waals surface area contributed by atoms with Gasteiger partial charge in [-0.05, 0) is 36.2 Å². The highest BCUT2D eigenvalue weighted by molar-refractivity contribution is 9.10. The minimum atomic E-state index is 0.258. The van der Waals surface area contributed by atoms with Crippen molar-refractivity contribution in [3.05, 3.63) is 57.5 Å². The van der Waals surface area contributed by atoms with Crippen LogP contribution < -0.4 is 10.1 Å². The molecule has 0 bridgehead atoms. The first-order chi connectivity index (χ1) is 9.63. The average molecular weight is 355 g/mol. The van der Waals surface area contributed by atoms with Gasteiger partial charge in [0.05, 0.1) is 18.2 Å². The summed E-state index contributed by atoms with van der Waals surface area (Å²) in [5.74, 6) is 0.683. The van der Waals surface area contributed by atoms with Gasteiger partial charge in [0.25, 0.3) is 0 Å². The van der Waals surface area contributed by atoms with Gasteiger partial charge in [-0.1, -0.05) is 46.6 Å². The van der Waals surface area contributed by atoms with Gasteiger partial charge in [-0.25, -0.2) is 0 Å². The van der Waals surface area contributed by atoms with Gasteiger partial charge in [0.1, 0.15) is 5.75 Å². The third kappa shape index (κ3) is 3.68. The molecule has 0 saturated carbocycles. The monoisotopic (exact) mass is 353 g/mol. The van der Waals surface area contributed by atoms with Gasteiger partial charge >= 0.3 is 0 Å². The maximum atomic E-state index is 6.04. The Labute approximate surface area is 133 Å². The molecule has 2 aromatic rings. The maximum absolute atomic E-state index is 6.04. The number of methoxy groups -OCH3 is 1. The summed E-state index contributed by atoms with van der Waals surface area (Å²) in [6.45, 7) is 2.16. The first-order valence-corrected chi connectivity index (χ1v) is 7.66. The van der Waals surface area contributed by atoms with E-state index in [1.165, 1.54) is 5.56 Å². The predicted molar refractivity (Wildman–Crippen MR) is 88.8 cm³/mol. The molecule has 0 radical (unpaired) electrons. The van der Waals surface area contributed by atoms with E-state index in [0.29, 0.717) is 10.8 Å². The van der Waals surface area contributed by atoms with Gasteiger partial charge in [0.2, 0.25) is 0 Å². The number of halogens is 2. The summed E-state index contributed by atoms with van der Waals surface area (Å²) in [6, 6.07) is 14.3. The van der Waals surface area contributed by atoms with E-state index in [1.807, 2.05) is 18.2 Å². The minimum Gasteiger partial charge on any atom is -0.495 e. The smallest absolute Gasteiger partial charge is 0.139 e. The van der Waals surface area contributed by atoms with Crippen molar-refractivity contribution in [2.75, 3.05) is 12.4 Å². The Morgan fingerprint density at radius 1 is 1.20 bits per heavy atom. The van der Waals surface area contributed by atoms with Crippen molar-refractivity contribution >= 4 is 33.2 Å². The van der Waals surface area contributed by atoms with Crippen molar-refractivity contribution in [2.45, 2.75) is 19.4 Å². The van der Waals surface area contributed by atoms with Crippen LogP contribution in [0.5, 0.6) is 5.75 Å². The van der Waals surface area contributed by atoms with Crippen molar-refractivity contribution in [1.29, 1.82) is 0 Å². The highest BCUT2D eigenvalue weighted by Crippen LogP contribution is 2.30. The SMILES string of the molecule is CCC(Nc1ccc(Cl)c(OC)c1)c1ccc(Br)cc1. The zero-order chi connectivity index (χ0) is 14.5. The van der Waals surface area contributed by atoms with Gasteiger partial charge in [-0.15, -0.1) is 0 Å². The zero-order valence-electron chi connectivity index (χ0n) is 11.5. The molecule has 1 atom stereocenters. The summed E-state index contributed by atoms with van der Waals surface area (Å²) >= 11 is 9.50. The van der Waals surface area contributed by atoms with Crippen LogP contribution in [-0.2, 0) is 0 Å². The van der Waals surface area contributed by atoms with E-state index >= 15 is 0 Å². The van der Waals surface area contributed by atoms with Crippen LogP contribution in [0.25, 0.3) is 0 Å². The van der Waals surface area contributed by atoms with Crippen LogP contribution in [-0.4, -0.2) is 7.11 Å². The summed E-state index contributed by atoms with van der Waals surface area (Å²) in [4.78, 5) is 0. The van der Waals surface area contributed by atoms with E-state index < -0.39 is 0 Å². The van der Waals surface area contributed by atoms with Gasteiger partial charge in [0.15, 0.2) is 0 Å². The Morgan fingerprint density at radius 3 is 2.50 bits per heavy atom. The van der Waals surface area contributed by atoms with Crippen molar-refractivity contribution in [3.63, 3.8) is 0 Å². The topological polar surface area (TPSA) is 21.3 Å². The third-order valence-corrected chi connectivity index (χ3v) is 4.01. The summed E-state index contributed by atoms with van der Waals surface area (Å²) in [7, 11) is 1.62. The third-order valence-electron chi connectivity index (χ3n) is 3.17. The van der Waals surface area contributed by atoms with E-state index in [4.69, 9.17) is 16.3 Å². The van der Waals surface area contributed by atoms with E-state index in [9.17, 15) is 0 Å². The molecule has 2 nitrogen and oxygen atoms in total. The number of rotatable bonds is 5. The molecule has 2 aromatic carbocycles. The lowest BCUT2D eigenvalue weighted by atomic mass is 10.0. The predicted octanol–water partition coefficient (Wildman–Crippen LogP) is 5.67. The van der Waals surface area contributed by atoms with Crippen molar-refractivity contribution < 1.29 is 4.74 Å². The van der Waals surface area contributed by atoms with Crippen LogP contribution >= 0.6 is 27.5 Å². The minimum absolute atomic E-state index is 0.258. The number of nitrogens with one attached hydrogen (secondary N) is 1. The largest absolute Gasteiger partial charge is 0.495 e. The van der Waals surface area contributed by atoms with Crippen LogP contribution in [0.1, 0.15) is 24.9 Å². The summed E-state index contributed by atoms with van der Waals surface area (Å²) in [6.07, 6.45) is 0.993. The Hall–Kier alpha value is -1.19. The van der Waals surface area contributed by atoms with Crippen molar-refractivity contribution in [1.82, 2.24) is 0 Å². The fourth-order valence-electron chi connectivity index (χ4n) is 2.07. The Morgan fingerprint density at radius 2 is 1.90 bits per heavy atom. The van der Waals surface area contributed by atoms with Crippen molar-refractivity contribution in [3.8, 4) is 5.75 Å². The molecule has 0 aliphatic carbocycles. The van der Waals surface area contributed by atoms with Gasteiger partial charge < -0.3 is 10.1 Å². The first kappa shape index (κ1) is 15.2. The van der Waals surface area contributed by atoms with Gasteiger partial charge in [-0.2, -0.15) is 0 Å². The summed E-state index contributed by atoms with van der Waals surface area (Å²) in [5, 5.41) is 4.13. The van der Waals surface area contributed by atoms with Gasteiger partial charge in [-0.3, -0.25) is 0 Å². The molecule has 0 fully saturated rings. The molecule has 1 N–H and O–H groups in total. The highest BCUT2D eigenvalue weighted by atomic mass is 79.9. The Bertz CT molecular complexity index is 571. The molecule has 2 rings (SSSR count). The van der Waals surface area contributed by atoms with Crippen molar-refractivity contribution in [2.24, 2.45) is 0 Å². The molecule has 1 unspecified atom stereocenters. The van der Waals surface area contributed by atoms with Crippen LogP contribution in [0.4, 0.5) is 5.69 Å². The van der Waals surface area contributed by atoms with E-state index in [-0.39, 0.29) is 6.04 Å². The fourth-order valence-corrected chi connectivity index (χ4v) is 2.53. The fraction of sp³-hybridized carbons (Fsp3) is 0.250. The number of ether oxygens (including phenoxy) is 1.